The highest BCUT2D eigenvalue weighted by molar-refractivity contribution is 5.96. The standard InChI is InChI=1S/C26H23NO2/c1-3-8-17(9-4-1)23-19-14-15-20(16-19)26-25(23,21-12-7-13-22(21)28-26)27-24(29-26)18-10-5-2-6-11-18/h1-11,13-15,19-23H,12,16H2/t19-,20+,21?,22?,23-,25-,26+/m1/s1. The van der Waals surface area contributed by atoms with Gasteiger partial charge in [0.15, 0.2) is 0 Å². The molecule has 2 heterocycles. The first kappa shape index (κ1) is 16.2. The van der Waals surface area contributed by atoms with Crippen molar-refractivity contribution in [3.05, 3.63) is 96.1 Å². The SMILES string of the molecule is C1=CC2O[C@@]34OC(c5ccccc5)=N[C@]3(C2C1)[C@H](c1ccccc1)[C@@H]1C=C[C@H]4C1. The number of benzene rings is 2. The van der Waals surface area contributed by atoms with Gasteiger partial charge in [-0.15, -0.1) is 0 Å². The topological polar surface area (TPSA) is 30.8 Å². The Morgan fingerprint density at radius 2 is 1.69 bits per heavy atom. The molecule has 144 valence electrons. The van der Waals surface area contributed by atoms with E-state index in [9.17, 15) is 0 Å². The second kappa shape index (κ2) is 5.48. The predicted molar refractivity (Wildman–Crippen MR) is 112 cm³/mol. The van der Waals surface area contributed by atoms with Crippen LogP contribution in [0, 0.1) is 17.8 Å². The molecule has 0 spiro atoms. The minimum atomic E-state index is -0.706. The Kier molecular flexibility index (Phi) is 3.06. The highest BCUT2D eigenvalue weighted by atomic mass is 16.7. The van der Waals surface area contributed by atoms with Gasteiger partial charge in [0.2, 0.25) is 11.7 Å². The van der Waals surface area contributed by atoms with E-state index in [0.29, 0.717) is 11.8 Å². The summed E-state index contributed by atoms with van der Waals surface area (Å²) in [6.45, 7) is 0. The molecule has 7 rings (SSSR count). The summed E-state index contributed by atoms with van der Waals surface area (Å²) in [6.07, 6.45) is 11.4. The Morgan fingerprint density at radius 1 is 0.897 bits per heavy atom. The van der Waals surface area contributed by atoms with Crippen molar-refractivity contribution in [1.29, 1.82) is 0 Å². The molecule has 1 saturated carbocycles. The summed E-state index contributed by atoms with van der Waals surface area (Å²) >= 11 is 0. The molecule has 3 heteroatoms. The third-order valence-electron chi connectivity index (χ3n) is 7.77. The molecule has 7 atom stereocenters. The zero-order chi connectivity index (χ0) is 19.1. The van der Waals surface area contributed by atoms with E-state index < -0.39 is 11.3 Å². The number of fused-ring (bicyclic) bond motifs is 3. The van der Waals surface area contributed by atoms with E-state index in [1.54, 1.807) is 0 Å². The maximum atomic E-state index is 6.85. The van der Waals surface area contributed by atoms with E-state index in [4.69, 9.17) is 14.5 Å². The van der Waals surface area contributed by atoms with Gasteiger partial charge in [0.25, 0.3) is 0 Å². The molecule has 0 N–H and O–H groups in total. The van der Waals surface area contributed by atoms with Gasteiger partial charge < -0.3 is 9.47 Å². The Labute approximate surface area is 170 Å². The molecule has 0 radical (unpaired) electrons. The van der Waals surface area contributed by atoms with Crippen LogP contribution in [0.3, 0.4) is 0 Å². The summed E-state index contributed by atoms with van der Waals surface area (Å²) in [4.78, 5) is 5.50. The first-order chi connectivity index (χ1) is 14.3. The van der Waals surface area contributed by atoms with Crippen molar-refractivity contribution in [3.63, 3.8) is 0 Å². The zero-order valence-corrected chi connectivity index (χ0v) is 16.1. The molecule has 2 bridgehead atoms. The Morgan fingerprint density at radius 3 is 2.52 bits per heavy atom. The summed E-state index contributed by atoms with van der Waals surface area (Å²) in [5.74, 6) is 1.34. The minimum absolute atomic E-state index is 0.0926. The second-order valence-corrected chi connectivity index (χ2v) is 9.01. The molecule has 0 amide bonds. The van der Waals surface area contributed by atoms with Gasteiger partial charge in [-0.25, -0.2) is 4.99 Å². The molecule has 2 unspecified atom stereocenters. The van der Waals surface area contributed by atoms with Gasteiger partial charge in [0.1, 0.15) is 5.54 Å². The molecular formula is C26H23NO2. The fourth-order valence-electron chi connectivity index (χ4n) is 6.76. The highest BCUT2D eigenvalue weighted by Gasteiger charge is 2.79. The number of hydrogen-bond acceptors (Lipinski definition) is 3. The average Bonchev–Trinajstić information content (AvgIpc) is 3.51. The van der Waals surface area contributed by atoms with Crippen molar-refractivity contribution in [3.8, 4) is 0 Å². The normalized spacial score (nSPS) is 42.9. The molecule has 2 fully saturated rings. The summed E-state index contributed by atoms with van der Waals surface area (Å²) in [5, 5.41) is 0. The molecule has 3 nitrogen and oxygen atoms in total. The number of rotatable bonds is 2. The number of allylic oxidation sites excluding steroid dienone is 2. The van der Waals surface area contributed by atoms with Crippen molar-refractivity contribution < 1.29 is 9.47 Å². The predicted octanol–water partition coefficient (Wildman–Crippen LogP) is 4.86. The Bertz CT molecular complexity index is 1060. The molecule has 1 saturated heterocycles. The smallest absolute Gasteiger partial charge is 0.245 e. The van der Waals surface area contributed by atoms with Crippen LogP contribution in [0.1, 0.15) is 29.9 Å². The lowest BCUT2D eigenvalue weighted by molar-refractivity contribution is -0.227. The minimum Gasteiger partial charge on any atom is -0.442 e. The molecule has 3 aliphatic carbocycles. The number of ether oxygens (including phenoxy) is 2. The van der Waals surface area contributed by atoms with Crippen LogP contribution in [0.5, 0.6) is 0 Å². The summed E-state index contributed by atoms with van der Waals surface area (Å²) in [6, 6.07) is 21.3. The quantitative estimate of drug-likeness (QED) is 0.696. The van der Waals surface area contributed by atoms with Gasteiger partial charge in [0.05, 0.1) is 6.10 Å². The first-order valence-corrected chi connectivity index (χ1v) is 10.7. The monoisotopic (exact) mass is 381 g/mol. The van der Waals surface area contributed by atoms with Crippen LogP contribution < -0.4 is 0 Å². The van der Waals surface area contributed by atoms with Crippen LogP contribution in [0.25, 0.3) is 0 Å². The van der Waals surface area contributed by atoms with Gasteiger partial charge in [-0.05, 0) is 36.5 Å². The van der Waals surface area contributed by atoms with Crippen molar-refractivity contribution in [2.75, 3.05) is 0 Å². The zero-order valence-electron chi connectivity index (χ0n) is 16.1. The first-order valence-electron chi connectivity index (χ1n) is 10.7. The van der Waals surface area contributed by atoms with Crippen molar-refractivity contribution in [2.24, 2.45) is 22.7 Å². The fourth-order valence-corrected chi connectivity index (χ4v) is 6.76. The molecular weight excluding hydrogens is 358 g/mol. The van der Waals surface area contributed by atoms with Crippen LogP contribution in [0.4, 0.5) is 0 Å². The maximum Gasteiger partial charge on any atom is 0.245 e. The number of aliphatic imine (C=N–C) groups is 1. The lowest BCUT2D eigenvalue weighted by Crippen LogP contribution is -2.62. The summed E-state index contributed by atoms with van der Waals surface area (Å²) in [7, 11) is 0. The second-order valence-electron chi connectivity index (χ2n) is 9.01. The fraction of sp³-hybridized carbons (Fsp3) is 0.346. The van der Waals surface area contributed by atoms with Crippen LogP contribution in [0.2, 0.25) is 0 Å². The van der Waals surface area contributed by atoms with Gasteiger partial charge in [-0.2, -0.15) is 0 Å². The van der Waals surface area contributed by atoms with Crippen molar-refractivity contribution >= 4 is 5.90 Å². The average molecular weight is 381 g/mol. The summed E-state index contributed by atoms with van der Waals surface area (Å²) in [5.41, 5.74) is 2.00. The van der Waals surface area contributed by atoms with Gasteiger partial charge in [-0.3, -0.25) is 0 Å². The van der Waals surface area contributed by atoms with Crippen LogP contribution in [-0.4, -0.2) is 23.3 Å². The molecule has 0 aromatic heterocycles. The van der Waals surface area contributed by atoms with E-state index in [1.165, 1.54) is 5.56 Å². The van der Waals surface area contributed by atoms with Crippen LogP contribution >= 0.6 is 0 Å². The molecule has 2 aromatic carbocycles. The lowest BCUT2D eigenvalue weighted by atomic mass is 9.57. The largest absolute Gasteiger partial charge is 0.442 e. The van der Waals surface area contributed by atoms with Crippen molar-refractivity contribution in [2.45, 2.75) is 36.2 Å². The molecule has 29 heavy (non-hydrogen) atoms. The number of nitrogens with zero attached hydrogens (tertiary/aromatic N) is 1. The van der Waals surface area contributed by atoms with Crippen LogP contribution in [0.15, 0.2) is 90.0 Å². The van der Waals surface area contributed by atoms with Gasteiger partial charge in [-0.1, -0.05) is 72.8 Å². The van der Waals surface area contributed by atoms with Crippen LogP contribution in [-0.2, 0) is 9.47 Å². The van der Waals surface area contributed by atoms with E-state index in [-0.39, 0.29) is 17.9 Å². The van der Waals surface area contributed by atoms with E-state index in [0.717, 1.165) is 24.3 Å². The highest BCUT2D eigenvalue weighted by Crippen LogP contribution is 2.70. The maximum absolute atomic E-state index is 6.85. The van der Waals surface area contributed by atoms with E-state index in [1.807, 2.05) is 6.07 Å². The van der Waals surface area contributed by atoms with Gasteiger partial charge in [0, 0.05) is 23.3 Å². The molecule has 5 aliphatic rings. The Hall–Kier alpha value is -2.65. The molecule has 2 aliphatic heterocycles. The van der Waals surface area contributed by atoms with E-state index in [2.05, 4.69) is 78.9 Å². The van der Waals surface area contributed by atoms with Crippen molar-refractivity contribution in [1.82, 2.24) is 0 Å². The number of hydrogen-bond donors (Lipinski definition) is 0. The third-order valence-corrected chi connectivity index (χ3v) is 7.77. The summed E-state index contributed by atoms with van der Waals surface area (Å²) < 4.78 is 13.7. The Balaban J connectivity index is 1.50. The third kappa shape index (κ3) is 1.85. The molecule has 2 aromatic rings. The van der Waals surface area contributed by atoms with E-state index >= 15 is 0 Å². The van der Waals surface area contributed by atoms with Gasteiger partial charge >= 0.3 is 0 Å². The lowest BCUT2D eigenvalue weighted by Gasteiger charge is -2.50.